The van der Waals surface area contributed by atoms with Crippen LogP contribution < -0.4 is 0 Å². The Bertz CT molecular complexity index is 664. The third-order valence-electron chi connectivity index (χ3n) is 3.02. The van der Waals surface area contributed by atoms with E-state index in [1.165, 1.54) is 0 Å². The smallest absolute Gasteiger partial charge is 0.435 e. The van der Waals surface area contributed by atoms with Gasteiger partial charge in [0.2, 0.25) is 0 Å². The van der Waals surface area contributed by atoms with Crippen molar-refractivity contribution in [2.24, 2.45) is 0 Å². The molecule has 0 aliphatic rings. The Kier molecular flexibility index (Phi) is 6.51. The molecular formula is C18H16Cl2O3. The number of benzene rings is 2. The van der Waals surface area contributed by atoms with Crippen LogP contribution in [0.25, 0.3) is 6.08 Å². The van der Waals surface area contributed by atoms with Crippen LogP contribution in [-0.2, 0) is 9.47 Å². The molecule has 1 unspecified atom stereocenters. The van der Waals surface area contributed by atoms with E-state index in [-0.39, 0.29) is 6.61 Å². The molecule has 0 fully saturated rings. The van der Waals surface area contributed by atoms with E-state index in [1.54, 1.807) is 49.4 Å². The lowest BCUT2D eigenvalue weighted by atomic mass is 10.1. The summed E-state index contributed by atoms with van der Waals surface area (Å²) in [6, 6.07) is 14.4. The summed E-state index contributed by atoms with van der Waals surface area (Å²) in [4.78, 5) is 11.6. The zero-order valence-electron chi connectivity index (χ0n) is 12.5. The van der Waals surface area contributed by atoms with Crippen LogP contribution in [0.15, 0.2) is 54.6 Å². The van der Waals surface area contributed by atoms with Gasteiger partial charge in [0.1, 0.15) is 6.10 Å². The Morgan fingerprint density at radius 2 is 1.61 bits per heavy atom. The second kappa shape index (κ2) is 8.61. The maximum absolute atomic E-state index is 11.6. The van der Waals surface area contributed by atoms with E-state index in [0.29, 0.717) is 10.0 Å². The summed E-state index contributed by atoms with van der Waals surface area (Å²) in [5.74, 6) is 0. The van der Waals surface area contributed by atoms with E-state index in [0.717, 1.165) is 11.1 Å². The Hall–Kier alpha value is -1.97. The molecule has 23 heavy (non-hydrogen) atoms. The van der Waals surface area contributed by atoms with Gasteiger partial charge in [-0.2, -0.15) is 0 Å². The van der Waals surface area contributed by atoms with Gasteiger partial charge in [-0.3, -0.25) is 0 Å². The van der Waals surface area contributed by atoms with Crippen LogP contribution in [-0.4, -0.2) is 12.8 Å². The van der Waals surface area contributed by atoms with Crippen LogP contribution in [0.5, 0.6) is 0 Å². The number of carbonyl (C=O) groups excluding carboxylic acids is 1. The Morgan fingerprint density at radius 3 is 2.17 bits per heavy atom. The summed E-state index contributed by atoms with van der Waals surface area (Å²) < 4.78 is 10.2. The minimum atomic E-state index is -0.715. The molecule has 3 nitrogen and oxygen atoms in total. The van der Waals surface area contributed by atoms with Gasteiger partial charge in [0.25, 0.3) is 0 Å². The molecule has 120 valence electrons. The van der Waals surface area contributed by atoms with Crippen LogP contribution in [0.3, 0.4) is 0 Å². The van der Waals surface area contributed by atoms with E-state index in [4.69, 9.17) is 32.7 Å². The molecule has 5 heteroatoms. The molecule has 0 heterocycles. The molecule has 0 N–H and O–H groups in total. The zero-order valence-corrected chi connectivity index (χ0v) is 14.1. The first-order valence-corrected chi connectivity index (χ1v) is 7.86. The summed E-state index contributed by atoms with van der Waals surface area (Å²) in [5, 5.41) is 1.28. The van der Waals surface area contributed by atoms with Crippen molar-refractivity contribution in [1.82, 2.24) is 0 Å². The molecule has 0 amide bonds. The largest absolute Gasteiger partial charge is 0.509 e. The zero-order chi connectivity index (χ0) is 16.7. The molecule has 2 aromatic carbocycles. The number of ether oxygens (including phenoxy) is 2. The van der Waals surface area contributed by atoms with E-state index in [9.17, 15) is 4.79 Å². The first-order chi connectivity index (χ1) is 11.1. The predicted molar refractivity (Wildman–Crippen MR) is 92.8 cm³/mol. The molecule has 0 bridgehead atoms. The predicted octanol–water partition coefficient (Wildman–Crippen LogP) is 5.92. The number of hydrogen-bond donors (Lipinski definition) is 0. The third kappa shape index (κ3) is 5.62. The SMILES string of the molecule is CCOC(=O)OC(/C=C/c1ccc(Cl)cc1)c1ccc(Cl)cc1. The fourth-order valence-electron chi connectivity index (χ4n) is 1.90. The van der Waals surface area contributed by atoms with Crippen molar-refractivity contribution in [2.45, 2.75) is 13.0 Å². The van der Waals surface area contributed by atoms with Crippen LogP contribution in [0.1, 0.15) is 24.2 Å². The quantitative estimate of drug-likeness (QED) is 0.627. The van der Waals surface area contributed by atoms with Crippen molar-refractivity contribution in [3.63, 3.8) is 0 Å². The van der Waals surface area contributed by atoms with Gasteiger partial charge in [0.15, 0.2) is 0 Å². The van der Waals surface area contributed by atoms with Crippen molar-refractivity contribution in [1.29, 1.82) is 0 Å². The highest BCUT2D eigenvalue weighted by Gasteiger charge is 2.14. The first kappa shape index (κ1) is 17.4. The molecule has 1 atom stereocenters. The second-order valence-corrected chi connectivity index (χ2v) is 5.56. The highest BCUT2D eigenvalue weighted by molar-refractivity contribution is 6.30. The van der Waals surface area contributed by atoms with Gasteiger partial charge in [-0.15, -0.1) is 0 Å². The van der Waals surface area contributed by atoms with Gasteiger partial charge < -0.3 is 9.47 Å². The standard InChI is InChI=1S/C18H16Cl2O3/c1-2-22-18(21)23-17(14-6-10-16(20)11-7-14)12-5-13-3-8-15(19)9-4-13/h3-12,17H,2H2,1H3/b12-5+. The van der Waals surface area contributed by atoms with Gasteiger partial charge in [0.05, 0.1) is 6.61 Å². The van der Waals surface area contributed by atoms with Crippen molar-refractivity contribution in [3.8, 4) is 0 Å². The fraction of sp³-hybridized carbons (Fsp3) is 0.167. The lowest BCUT2D eigenvalue weighted by Gasteiger charge is -2.14. The fourth-order valence-corrected chi connectivity index (χ4v) is 2.15. The lowest BCUT2D eigenvalue weighted by Crippen LogP contribution is -2.11. The molecule has 0 aliphatic carbocycles. The number of rotatable bonds is 5. The van der Waals surface area contributed by atoms with Crippen molar-refractivity contribution in [2.75, 3.05) is 6.61 Å². The van der Waals surface area contributed by atoms with Crippen molar-refractivity contribution >= 4 is 35.4 Å². The second-order valence-electron chi connectivity index (χ2n) is 4.68. The molecule has 2 rings (SSSR count). The van der Waals surface area contributed by atoms with Gasteiger partial charge in [-0.1, -0.05) is 53.5 Å². The molecule has 0 saturated heterocycles. The maximum Gasteiger partial charge on any atom is 0.509 e. The first-order valence-electron chi connectivity index (χ1n) is 7.11. The van der Waals surface area contributed by atoms with E-state index < -0.39 is 12.3 Å². The summed E-state index contributed by atoms with van der Waals surface area (Å²) in [5.41, 5.74) is 1.74. The number of hydrogen-bond acceptors (Lipinski definition) is 3. The summed E-state index contributed by atoms with van der Waals surface area (Å²) in [6.45, 7) is 1.98. The van der Waals surface area contributed by atoms with E-state index in [1.807, 2.05) is 18.2 Å². The molecule has 2 aromatic rings. The van der Waals surface area contributed by atoms with Crippen LogP contribution in [0.4, 0.5) is 4.79 Å². The summed E-state index contributed by atoms with van der Waals surface area (Å²) >= 11 is 11.8. The molecule has 0 aromatic heterocycles. The maximum atomic E-state index is 11.6. The van der Waals surface area contributed by atoms with Gasteiger partial charge >= 0.3 is 6.16 Å². The average Bonchev–Trinajstić information content (AvgIpc) is 2.54. The Labute approximate surface area is 145 Å². The minimum absolute atomic E-state index is 0.257. The molecule has 0 spiro atoms. The Morgan fingerprint density at radius 1 is 1.04 bits per heavy atom. The van der Waals surface area contributed by atoms with Gasteiger partial charge in [-0.05, 0) is 48.4 Å². The van der Waals surface area contributed by atoms with Crippen LogP contribution in [0, 0.1) is 0 Å². The van der Waals surface area contributed by atoms with E-state index >= 15 is 0 Å². The highest BCUT2D eigenvalue weighted by atomic mass is 35.5. The van der Waals surface area contributed by atoms with Crippen molar-refractivity contribution in [3.05, 3.63) is 75.8 Å². The van der Waals surface area contributed by atoms with Crippen LogP contribution in [0.2, 0.25) is 10.0 Å². The van der Waals surface area contributed by atoms with Gasteiger partial charge in [-0.25, -0.2) is 4.79 Å². The molecular weight excluding hydrogens is 335 g/mol. The number of carbonyl (C=O) groups is 1. The number of halogens is 2. The minimum Gasteiger partial charge on any atom is -0.435 e. The Balaban J connectivity index is 2.20. The lowest BCUT2D eigenvalue weighted by molar-refractivity contribution is 0.0403. The van der Waals surface area contributed by atoms with E-state index in [2.05, 4.69) is 0 Å². The topological polar surface area (TPSA) is 35.5 Å². The van der Waals surface area contributed by atoms with Crippen LogP contribution >= 0.6 is 23.2 Å². The summed E-state index contributed by atoms with van der Waals surface area (Å²) in [6.07, 6.45) is 2.35. The van der Waals surface area contributed by atoms with Gasteiger partial charge in [0, 0.05) is 10.0 Å². The molecule has 0 radical (unpaired) electrons. The molecule has 0 aliphatic heterocycles. The third-order valence-corrected chi connectivity index (χ3v) is 3.52. The molecule has 0 saturated carbocycles. The monoisotopic (exact) mass is 350 g/mol. The highest BCUT2D eigenvalue weighted by Crippen LogP contribution is 2.23. The van der Waals surface area contributed by atoms with Crippen molar-refractivity contribution < 1.29 is 14.3 Å². The average molecular weight is 351 g/mol. The summed E-state index contributed by atoms with van der Waals surface area (Å²) in [7, 11) is 0. The normalized spacial score (nSPS) is 12.1.